The van der Waals surface area contributed by atoms with Crippen molar-refractivity contribution in [2.45, 2.75) is 32.2 Å². The van der Waals surface area contributed by atoms with Crippen molar-refractivity contribution >= 4 is 11.6 Å². The van der Waals surface area contributed by atoms with Gasteiger partial charge in [-0.15, -0.1) is 0 Å². The molecule has 1 aromatic rings. The van der Waals surface area contributed by atoms with Crippen LogP contribution in [0.4, 0.5) is 14.5 Å². The number of nitro groups is 1. The van der Waals surface area contributed by atoms with Crippen LogP contribution in [0.2, 0.25) is 0 Å². The first-order valence-electron chi connectivity index (χ1n) is 6.33. The van der Waals surface area contributed by atoms with E-state index in [1.165, 1.54) is 0 Å². The van der Waals surface area contributed by atoms with Crippen molar-refractivity contribution in [1.82, 2.24) is 5.32 Å². The summed E-state index contributed by atoms with van der Waals surface area (Å²) in [5.74, 6) is -2.96. The summed E-state index contributed by atoms with van der Waals surface area (Å²) in [5.41, 5.74) is -1.81. The van der Waals surface area contributed by atoms with Gasteiger partial charge in [-0.1, -0.05) is 12.8 Å². The number of hydrogen-bond acceptors (Lipinski definition) is 3. The Labute approximate surface area is 114 Å². The zero-order chi connectivity index (χ0) is 14.9. The van der Waals surface area contributed by atoms with Crippen molar-refractivity contribution in [2.24, 2.45) is 5.92 Å². The molecular weight excluding hydrogens is 270 g/mol. The van der Waals surface area contributed by atoms with E-state index in [0.29, 0.717) is 12.0 Å². The molecule has 1 amide bonds. The van der Waals surface area contributed by atoms with Crippen LogP contribution in [-0.2, 0) is 0 Å². The van der Waals surface area contributed by atoms with Crippen molar-refractivity contribution in [3.8, 4) is 0 Å². The number of carbonyl (C=O) groups is 1. The van der Waals surface area contributed by atoms with Gasteiger partial charge >= 0.3 is 5.69 Å². The average molecular weight is 284 g/mol. The van der Waals surface area contributed by atoms with Gasteiger partial charge in [0.15, 0.2) is 0 Å². The van der Waals surface area contributed by atoms with E-state index in [4.69, 9.17) is 0 Å². The largest absolute Gasteiger partial charge is 0.349 e. The second-order valence-electron chi connectivity index (χ2n) is 5.07. The molecule has 5 nitrogen and oxygen atoms in total. The lowest BCUT2D eigenvalue weighted by molar-refractivity contribution is -0.387. The van der Waals surface area contributed by atoms with Gasteiger partial charge in [-0.2, -0.15) is 4.39 Å². The quantitative estimate of drug-likeness (QED) is 0.667. The maximum Gasteiger partial charge on any atom is 0.305 e. The van der Waals surface area contributed by atoms with E-state index in [-0.39, 0.29) is 6.04 Å². The molecular formula is C13H14F2N2O3. The van der Waals surface area contributed by atoms with Gasteiger partial charge in [0.25, 0.3) is 5.91 Å². The number of nitrogens with one attached hydrogen (secondary N) is 1. The Balaban J connectivity index is 2.19. The zero-order valence-corrected chi connectivity index (χ0v) is 10.9. The number of amides is 1. The molecule has 7 heteroatoms. The molecule has 0 aromatic heterocycles. The Kier molecular flexibility index (Phi) is 3.96. The van der Waals surface area contributed by atoms with E-state index in [1.54, 1.807) is 6.92 Å². The monoisotopic (exact) mass is 284 g/mol. The third-order valence-electron chi connectivity index (χ3n) is 3.26. The molecule has 0 saturated heterocycles. The zero-order valence-electron chi connectivity index (χ0n) is 10.9. The summed E-state index contributed by atoms with van der Waals surface area (Å²) in [6.07, 6.45) is 2.93. The highest BCUT2D eigenvalue weighted by molar-refractivity contribution is 5.95. The van der Waals surface area contributed by atoms with Crippen LogP contribution in [0.1, 0.15) is 36.5 Å². The fraction of sp³-hybridized carbons (Fsp3) is 0.462. The number of carbonyl (C=O) groups excluding carboxylic acids is 1. The van der Waals surface area contributed by atoms with E-state index in [0.717, 1.165) is 25.3 Å². The molecule has 20 heavy (non-hydrogen) atoms. The minimum absolute atomic E-state index is 0.229. The number of benzene rings is 1. The molecule has 0 aliphatic heterocycles. The predicted octanol–water partition coefficient (Wildman–Crippen LogP) is 2.79. The van der Waals surface area contributed by atoms with Crippen LogP contribution in [0.15, 0.2) is 12.1 Å². The molecule has 0 spiro atoms. The van der Waals surface area contributed by atoms with Gasteiger partial charge < -0.3 is 5.32 Å². The van der Waals surface area contributed by atoms with Crippen LogP contribution in [0.3, 0.4) is 0 Å². The highest BCUT2D eigenvalue weighted by Gasteiger charge is 2.28. The van der Waals surface area contributed by atoms with Gasteiger partial charge in [0.2, 0.25) is 5.82 Å². The Morgan fingerprint density at radius 1 is 1.50 bits per heavy atom. The first-order valence-corrected chi connectivity index (χ1v) is 6.33. The highest BCUT2D eigenvalue weighted by Crippen LogP contribution is 2.33. The smallest absolute Gasteiger partial charge is 0.305 e. The normalized spacial score (nSPS) is 15.8. The van der Waals surface area contributed by atoms with Crippen molar-refractivity contribution in [2.75, 3.05) is 0 Å². The predicted molar refractivity (Wildman–Crippen MR) is 67.3 cm³/mol. The number of nitrogens with zero attached hydrogens (tertiary/aromatic N) is 1. The topological polar surface area (TPSA) is 72.2 Å². The van der Waals surface area contributed by atoms with Gasteiger partial charge in [-0.25, -0.2) is 4.39 Å². The van der Waals surface area contributed by atoms with Crippen molar-refractivity contribution < 1.29 is 18.5 Å². The van der Waals surface area contributed by atoms with Gasteiger partial charge in [-0.05, 0) is 25.3 Å². The Morgan fingerprint density at radius 2 is 2.15 bits per heavy atom. The minimum Gasteiger partial charge on any atom is -0.349 e. The van der Waals surface area contributed by atoms with Crippen molar-refractivity contribution in [3.63, 3.8) is 0 Å². The van der Waals surface area contributed by atoms with Crippen LogP contribution in [0.5, 0.6) is 0 Å². The summed E-state index contributed by atoms with van der Waals surface area (Å²) < 4.78 is 27.4. The first-order chi connectivity index (χ1) is 9.40. The van der Waals surface area contributed by atoms with Gasteiger partial charge in [0.1, 0.15) is 11.4 Å². The maximum atomic E-state index is 13.8. The fourth-order valence-electron chi connectivity index (χ4n) is 2.10. The lowest BCUT2D eigenvalue weighted by atomic mass is 10.1. The standard InChI is InChI=1S/C13H14F2N2O3/c1-7(6-8-2-3-8)16-13(18)11-9(14)4-5-10(12(11)15)17(19)20/h4-5,7-8H,2-3,6H2,1H3,(H,16,18). The van der Waals surface area contributed by atoms with Crippen LogP contribution < -0.4 is 5.32 Å². The molecule has 1 saturated carbocycles. The van der Waals surface area contributed by atoms with E-state index >= 15 is 0 Å². The van der Waals surface area contributed by atoms with E-state index in [2.05, 4.69) is 5.32 Å². The molecule has 2 rings (SSSR count). The molecule has 1 aliphatic rings. The lowest BCUT2D eigenvalue weighted by Gasteiger charge is -2.14. The molecule has 1 atom stereocenters. The molecule has 0 radical (unpaired) electrons. The van der Waals surface area contributed by atoms with Crippen LogP contribution >= 0.6 is 0 Å². The molecule has 108 valence electrons. The molecule has 1 N–H and O–H groups in total. The van der Waals surface area contributed by atoms with Gasteiger partial charge in [0, 0.05) is 12.1 Å². The maximum absolute atomic E-state index is 13.8. The number of hydrogen-bond donors (Lipinski definition) is 1. The second kappa shape index (κ2) is 5.52. The summed E-state index contributed by atoms with van der Waals surface area (Å²) in [4.78, 5) is 21.5. The van der Waals surface area contributed by atoms with Crippen LogP contribution in [0, 0.1) is 27.7 Å². The van der Waals surface area contributed by atoms with Crippen LogP contribution in [-0.4, -0.2) is 16.9 Å². The summed E-state index contributed by atoms with van der Waals surface area (Å²) in [7, 11) is 0. The molecule has 1 fully saturated rings. The van der Waals surface area contributed by atoms with Gasteiger partial charge in [-0.3, -0.25) is 14.9 Å². The number of rotatable bonds is 5. The fourth-order valence-corrected chi connectivity index (χ4v) is 2.10. The first kappa shape index (κ1) is 14.4. The summed E-state index contributed by atoms with van der Waals surface area (Å²) >= 11 is 0. The highest BCUT2D eigenvalue weighted by atomic mass is 19.1. The average Bonchev–Trinajstić information content (AvgIpc) is 3.11. The third kappa shape index (κ3) is 3.09. The van der Waals surface area contributed by atoms with Gasteiger partial charge in [0.05, 0.1) is 4.92 Å². The number of nitro benzene ring substituents is 1. The summed E-state index contributed by atoms with van der Waals surface area (Å²) in [6.45, 7) is 1.74. The Morgan fingerprint density at radius 3 is 2.70 bits per heavy atom. The van der Waals surface area contributed by atoms with E-state index in [1.807, 2.05) is 0 Å². The Hall–Kier alpha value is -2.05. The van der Waals surface area contributed by atoms with Crippen molar-refractivity contribution in [1.29, 1.82) is 0 Å². The third-order valence-corrected chi connectivity index (χ3v) is 3.26. The lowest BCUT2D eigenvalue weighted by Crippen LogP contribution is -2.34. The van der Waals surface area contributed by atoms with E-state index < -0.39 is 33.7 Å². The van der Waals surface area contributed by atoms with Crippen LogP contribution in [0.25, 0.3) is 0 Å². The summed E-state index contributed by atoms with van der Waals surface area (Å²) in [5, 5.41) is 13.1. The Bertz CT molecular complexity index is 559. The minimum atomic E-state index is -1.44. The SMILES string of the molecule is CC(CC1CC1)NC(=O)c1c(F)ccc([N+](=O)[O-])c1F. The molecule has 1 unspecified atom stereocenters. The van der Waals surface area contributed by atoms with Crippen molar-refractivity contribution in [3.05, 3.63) is 39.4 Å². The molecule has 1 aromatic carbocycles. The molecule has 0 heterocycles. The number of halogens is 2. The molecule has 1 aliphatic carbocycles. The second-order valence-corrected chi connectivity index (χ2v) is 5.07. The van der Waals surface area contributed by atoms with E-state index in [9.17, 15) is 23.7 Å². The summed E-state index contributed by atoms with van der Waals surface area (Å²) in [6, 6.07) is 1.20. The molecule has 0 bridgehead atoms.